The third-order valence-electron chi connectivity index (χ3n) is 2.41. The van der Waals surface area contributed by atoms with Gasteiger partial charge in [-0.15, -0.1) is 0 Å². The molecule has 1 atom stereocenters. The molecule has 19 heavy (non-hydrogen) atoms. The molecule has 0 aliphatic heterocycles. The average Bonchev–Trinajstić information content (AvgIpc) is 2.26. The molecule has 1 aromatic heterocycles. The molecule has 0 radical (unpaired) electrons. The second kappa shape index (κ2) is 5.41. The van der Waals surface area contributed by atoms with Crippen LogP contribution in [0.4, 0.5) is 10.2 Å². The molecule has 100 valence electrons. The smallest absolute Gasteiger partial charge is 0.253 e. The Morgan fingerprint density at radius 1 is 1.47 bits per heavy atom. The molecule has 0 aliphatic carbocycles. The van der Waals surface area contributed by atoms with Crippen LogP contribution in [0.3, 0.4) is 0 Å². The summed E-state index contributed by atoms with van der Waals surface area (Å²) in [5.41, 5.74) is 11.3. The van der Waals surface area contributed by atoms with Crippen LogP contribution in [-0.2, 0) is 0 Å². The topological polar surface area (TPSA) is 97.8 Å². The fraction of sp³-hybridized carbons (Fsp3) is 0.167. The van der Waals surface area contributed by atoms with Crippen LogP contribution in [-0.4, -0.2) is 9.97 Å². The Kier molecular flexibility index (Phi) is 3.87. The summed E-state index contributed by atoms with van der Waals surface area (Å²) in [6.07, 6.45) is 0. The zero-order valence-electron chi connectivity index (χ0n) is 10.2. The Hall–Kier alpha value is -1.86. The molecule has 0 aliphatic rings. The van der Waals surface area contributed by atoms with Gasteiger partial charge in [-0.2, -0.15) is 0 Å². The first kappa shape index (κ1) is 13.6. The third-order valence-corrected chi connectivity index (χ3v) is 3.38. The van der Waals surface area contributed by atoms with E-state index in [9.17, 15) is 9.18 Å². The SMILES string of the molecule is CC(N)c1c(F)cccc1Sc1nc(N)cc(=O)[nH]1. The number of aromatic amines is 1. The number of anilines is 1. The van der Waals surface area contributed by atoms with Crippen molar-refractivity contribution in [3.05, 3.63) is 46.0 Å². The van der Waals surface area contributed by atoms with Gasteiger partial charge in [0.15, 0.2) is 5.16 Å². The van der Waals surface area contributed by atoms with Crippen LogP contribution in [0.25, 0.3) is 0 Å². The van der Waals surface area contributed by atoms with Gasteiger partial charge >= 0.3 is 0 Å². The number of rotatable bonds is 3. The van der Waals surface area contributed by atoms with Crippen molar-refractivity contribution >= 4 is 17.6 Å². The number of nitrogen functional groups attached to an aromatic ring is 1. The van der Waals surface area contributed by atoms with Crippen molar-refractivity contribution in [2.75, 3.05) is 5.73 Å². The fourth-order valence-electron chi connectivity index (χ4n) is 1.65. The van der Waals surface area contributed by atoms with Gasteiger partial charge < -0.3 is 16.5 Å². The molecule has 7 heteroatoms. The van der Waals surface area contributed by atoms with E-state index >= 15 is 0 Å². The van der Waals surface area contributed by atoms with E-state index in [-0.39, 0.29) is 17.2 Å². The maximum absolute atomic E-state index is 13.8. The van der Waals surface area contributed by atoms with Crippen LogP contribution < -0.4 is 17.0 Å². The second-order valence-electron chi connectivity index (χ2n) is 4.02. The number of hydrogen-bond donors (Lipinski definition) is 3. The van der Waals surface area contributed by atoms with Gasteiger partial charge in [0.25, 0.3) is 5.56 Å². The van der Waals surface area contributed by atoms with Gasteiger partial charge in [-0.05, 0) is 19.1 Å². The molecular weight excluding hydrogens is 267 g/mol. The van der Waals surface area contributed by atoms with E-state index in [1.807, 2.05) is 0 Å². The highest BCUT2D eigenvalue weighted by atomic mass is 32.2. The number of H-pyrrole nitrogens is 1. The molecule has 0 saturated carbocycles. The maximum atomic E-state index is 13.8. The first-order valence-corrected chi connectivity index (χ1v) is 6.37. The number of nitrogens with one attached hydrogen (secondary N) is 1. The minimum atomic E-state index is -0.462. The first-order valence-electron chi connectivity index (χ1n) is 5.56. The normalized spacial score (nSPS) is 12.4. The van der Waals surface area contributed by atoms with Gasteiger partial charge in [-0.25, -0.2) is 9.37 Å². The van der Waals surface area contributed by atoms with Gasteiger partial charge in [-0.3, -0.25) is 4.79 Å². The van der Waals surface area contributed by atoms with Crippen molar-refractivity contribution in [1.82, 2.24) is 9.97 Å². The summed E-state index contributed by atoms with van der Waals surface area (Å²) in [4.78, 5) is 18.4. The molecule has 2 aromatic rings. The van der Waals surface area contributed by atoms with Crippen LogP contribution in [0, 0.1) is 5.82 Å². The Bertz CT molecular complexity index is 656. The van der Waals surface area contributed by atoms with Crippen molar-refractivity contribution in [1.29, 1.82) is 0 Å². The molecule has 2 rings (SSSR count). The molecule has 0 bridgehead atoms. The van der Waals surface area contributed by atoms with Crippen LogP contribution in [0.5, 0.6) is 0 Å². The van der Waals surface area contributed by atoms with E-state index < -0.39 is 6.04 Å². The van der Waals surface area contributed by atoms with E-state index in [0.29, 0.717) is 15.6 Å². The number of nitrogens with zero attached hydrogens (tertiary/aromatic N) is 1. The van der Waals surface area contributed by atoms with Gasteiger partial charge in [0.05, 0.1) is 0 Å². The summed E-state index contributed by atoms with van der Waals surface area (Å²) in [6, 6.07) is 5.36. The molecule has 1 unspecified atom stereocenters. The number of benzene rings is 1. The Balaban J connectivity index is 2.43. The molecule has 0 saturated heterocycles. The minimum Gasteiger partial charge on any atom is -0.383 e. The highest BCUT2D eigenvalue weighted by Gasteiger charge is 2.14. The molecule has 1 heterocycles. The monoisotopic (exact) mass is 280 g/mol. The average molecular weight is 280 g/mol. The van der Waals surface area contributed by atoms with Gasteiger partial charge in [0.1, 0.15) is 11.6 Å². The van der Waals surface area contributed by atoms with Crippen molar-refractivity contribution in [3.8, 4) is 0 Å². The number of halogens is 1. The lowest BCUT2D eigenvalue weighted by atomic mass is 10.1. The maximum Gasteiger partial charge on any atom is 0.253 e. The van der Waals surface area contributed by atoms with Gasteiger partial charge in [-0.1, -0.05) is 17.8 Å². The largest absolute Gasteiger partial charge is 0.383 e. The highest BCUT2D eigenvalue weighted by molar-refractivity contribution is 7.99. The number of aromatic nitrogens is 2. The van der Waals surface area contributed by atoms with Crippen molar-refractivity contribution in [2.45, 2.75) is 23.0 Å². The fourth-order valence-corrected chi connectivity index (χ4v) is 2.70. The van der Waals surface area contributed by atoms with Crippen LogP contribution in [0.2, 0.25) is 0 Å². The van der Waals surface area contributed by atoms with E-state index in [1.165, 1.54) is 12.1 Å². The van der Waals surface area contributed by atoms with E-state index in [1.54, 1.807) is 19.1 Å². The minimum absolute atomic E-state index is 0.116. The third kappa shape index (κ3) is 3.12. The lowest BCUT2D eigenvalue weighted by Crippen LogP contribution is -2.11. The predicted octanol–water partition coefficient (Wildman–Crippen LogP) is 1.66. The zero-order chi connectivity index (χ0) is 14.0. The Morgan fingerprint density at radius 3 is 2.84 bits per heavy atom. The summed E-state index contributed by atoms with van der Waals surface area (Å²) in [5, 5.41) is 0.303. The summed E-state index contributed by atoms with van der Waals surface area (Å²) in [5.74, 6) is -0.267. The van der Waals surface area contributed by atoms with Crippen molar-refractivity contribution in [2.24, 2.45) is 5.73 Å². The van der Waals surface area contributed by atoms with Gasteiger partial charge in [0.2, 0.25) is 0 Å². The molecule has 0 amide bonds. The van der Waals surface area contributed by atoms with Crippen molar-refractivity contribution < 1.29 is 4.39 Å². The quantitative estimate of drug-likeness (QED) is 0.743. The van der Waals surface area contributed by atoms with E-state index in [0.717, 1.165) is 11.8 Å². The van der Waals surface area contributed by atoms with Gasteiger partial charge in [0, 0.05) is 22.6 Å². The van der Waals surface area contributed by atoms with Crippen LogP contribution in [0.1, 0.15) is 18.5 Å². The van der Waals surface area contributed by atoms with Crippen LogP contribution in [0.15, 0.2) is 39.1 Å². The van der Waals surface area contributed by atoms with E-state index in [2.05, 4.69) is 9.97 Å². The summed E-state index contributed by atoms with van der Waals surface area (Å²) >= 11 is 1.12. The lowest BCUT2D eigenvalue weighted by Gasteiger charge is -2.12. The highest BCUT2D eigenvalue weighted by Crippen LogP contribution is 2.32. The Labute approximate surface area is 113 Å². The molecule has 5 nitrogen and oxygen atoms in total. The molecule has 5 N–H and O–H groups in total. The summed E-state index contributed by atoms with van der Waals surface area (Å²) < 4.78 is 13.8. The van der Waals surface area contributed by atoms with Crippen LogP contribution >= 0.6 is 11.8 Å². The first-order chi connectivity index (χ1) is 8.97. The number of hydrogen-bond acceptors (Lipinski definition) is 5. The summed E-state index contributed by atoms with van der Waals surface area (Å²) in [6.45, 7) is 1.69. The molecule has 1 aromatic carbocycles. The molecule has 0 spiro atoms. The summed E-state index contributed by atoms with van der Waals surface area (Å²) in [7, 11) is 0. The molecular formula is C12H13FN4OS. The molecule has 0 fully saturated rings. The predicted molar refractivity (Wildman–Crippen MR) is 72.4 cm³/mol. The second-order valence-corrected chi connectivity index (χ2v) is 5.05. The van der Waals surface area contributed by atoms with E-state index in [4.69, 9.17) is 11.5 Å². The number of nitrogens with two attached hydrogens (primary N) is 2. The Morgan fingerprint density at radius 2 is 2.21 bits per heavy atom. The van der Waals surface area contributed by atoms with Crippen molar-refractivity contribution in [3.63, 3.8) is 0 Å². The zero-order valence-corrected chi connectivity index (χ0v) is 11.0. The standard InChI is InChI=1S/C12H13FN4OS/c1-6(14)11-7(13)3-2-4-8(11)19-12-16-9(15)5-10(18)17-12/h2-6H,14H2,1H3,(H3,15,16,17,18). The lowest BCUT2D eigenvalue weighted by molar-refractivity contribution is 0.585.